The molecule has 0 saturated carbocycles. The van der Waals surface area contributed by atoms with Gasteiger partial charge in [0, 0.05) is 15.5 Å². The number of carbonyl (C=O) groups is 1. The third-order valence-corrected chi connectivity index (χ3v) is 3.95. The molecule has 18 heavy (non-hydrogen) atoms. The molecule has 0 aliphatic rings. The second-order valence-corrected chi connectivity index (χ2v) is 5.52. The van der Waals surface area contributed by atoms with Gasteiger partial charge in [-0.2, -0.15) is 0 Å². The molecule has 7 heteroatoms. The van der Waals surface area contributed by atoms with Crippen molar-refractivity contribution in [1.82, 2.24) is 9.97 Å². The molecule has 3 N–H and O–H groups in total. The van der Waals surface area contributed by atoms with Crippen LogP contribution in [0.3, 0.4) is 0 Å². The summed E-state index contributed by atoms with van der Waals surface area (Å²) in [5, 5.41) is 10.8. The summed E-state index contributed by atoms with van der Waals surface area (Å²) in [6, 6.07) is 2.52. The lowest BCUT2D eigenvalue weighted by Gasteiger charge is -2.07. The topological polar surface area (TPSA) is 89.1 Å². The molecule has 2 heterocycles. The van der Waals surface area contributed by atoms with Crippen molar-refractivity contribution < 1.29 is 9.90 Å². The molecule has 0 bridgehead atoms. The average molecular weight is 328 g/mol. The van der Waals surface area contributed by atoms with Gasteiger partial charge in [0.1, 0.15) is 0 Å². The van der Waals surface area contributed by atoms with Gasteiger partial charge < -0.3 is 10.8 Å². The zero-order valence-electron chi connectivity index (χ0n) is 9.42. The molecular formula is C11H10BrN3O2S. The summed E-state index contributed by atoms with van der Waals surface area (Å²) in [7, 11) is 0. The number of nitrogens with two attached hydrogens (primary N) is 1. The molecule has 0 aliphatic carbocycles. The van der Waals surface area contributed by atoms with Crippen molar-refractivity contribution in [3.8, 4) is 10.6 Å². The van der Waals surface area contributed by atoms with Crippen molar-refractivity contribution in [1.29, 1.82) is 0 Å². The molecule has 2 aromatic heterocycles. The van der Waals surface area contributed by atoms with Crippen LogP contribution in [0.4, 0.5) is 0 Å². The Balaban J connectivity index is 2.47. The summed E-state index contributed by atoms with van der Waals surface area (Å²) < 4.78 is 0.961. The Labute approximate surface area is 116 Å². The van der Waals surface area contributed by atoms with Crippen molar-refractivity contribution in [3.05, 3.63) is 33.5 Å². The molecule has 0 radical (unpaired) electrons. The molecule has 94 valence electrons. The van der Waals surface area contributed by atoms with E-state index in [1.165, 1.54) is 11.3 Å². The summed E-state index contributed by atoms with van der Waals surface area (Å²) in [5.74, 6) is -1.01. The summed E-state index contributed by atoms with van der Waals surface area (Å²) in [6.07, 6.45) is 0. The molecule has 0 spiro atoms. The van der Waals surface area contributed by atoms with E-state index in [0.29, 0.717) is 11.4 Å². The van der Waals surface area contributed by atoms with Crippen molar-refractivity contribution in [2.24, 2.45) is 5.73 Å². The van der Waals surface area contributed by atoms with E-state index in [1.54, 1.807) is 13.0 Å². The van der Waals surface area contributed by atoms with Gasteiger partial charge in [0.2, 0.25) is 0 Å². The first-order valence-electron chi connectivity index (χ1n) is 5.06. The van der Waals surface area contributed by atoms with E-state index in [0.717, 1.165) is 9.35 Å². The van der Waals surface area contributed by atoms with E-state index < -0.39 is 12.0 Å². The summed E-state index contributed by atoms with van der Waals surface area (Å²) in [5.41, 5.74) is 6.90. The minimum Gasteiger partial charge on any atom is -0.480 e. The number of halogens is 1. The number of aliphatic carboxylic acids is 1. The fourth-order valence-electron chi connectivity index (χ4n) is 1.41. The third kappa shape index (κ3) is 2.74. The number of aryl methyl sites for hydroxylation is 1. The van der Waals surface area contributed by atoms with Crippen molar-refractivity contribution in [2.75, 3.05) is 0 Å². The normalized spacial score (nSPS) is 12.4. The third-order valence-electron chi connectivity index (χ3n) is 2.24. The molecule has 5 nitrogen and oxygen atoms in total. The summed E-state index contributed by atoms with van der Waals surface area (Å²) in [4.78, 5) is 20.1. The number of nitrogens with zero attached hydrogens (tertiary/aromatic N) is 2. The molecule has 0 amide bonds. The maximum Gasteiger partial charge on any atom is 0.328 e. The molecular weight excluding hydrogens is 318 g/mol. The Kier molecular flexibility index (Phi) is 3.74. The second-order valence-electron chi connectivity index (χ2n) is 3.70. The lowest BCUT2D eigenvalue weighted by molar-refractivity contribution is -0.138. The van der Waals surface area contributed by atoms with E-state index in [4.69, 9.17) is 10.8 Å². The summed E-state index contributed by atoms with van der Waals surface area (Å²) >= 11 is 4.88. The van der Waals surface area contributed by atoms with Crippen LogP contribution in [0.5, 0.6) is 0 Å². The van der Waals surface area contributed by atoms with Gasteiger partial charge in [-0.3, -0.25) is 4.79 Å². The number of hydrogen-bond acceptors (Lipinski definition) is 5. The highest BCUT2D eigenvalue weighted by Crippen LogP contribution is 2.29. The Hall–Kier alpha value is -1.31. The van der Waals surface area contributed by atoms with E-state index in [2.05, 4.69) is 25.9 Å². The van der Waals surface area contributed by atoms with Crippen molar-refractivity contribution >= 4 is 33.2 Å². The van der Waals surface area contributed by atoms with E-state index >= 15 is 0 Å². The van der Waals surface area contributed by atoms with Crippen LogP contribution in [-0.2, 0) is 4.79 Å². The van der Waals surface area contributed by atoms with Gasteiger partial charge in [-0.15, -0.1) is 11.3 Å². The van der Waals surface area contributed by atoms with Crippen molar-refractivity contribution in [3.63, 3.8) is 0 Å². The molecule has 0 fully saturated rings. The van der Waals surface area contributed by atoms with Gasteiger partial charge in [-0.25, -0.2) is 9.97 Å². The number of carboxylic acid groups (broad SMARTS) is 1. The highest BCUT2D eigenvalue weighted by atomic mass is 79.9. The lowest BCUT2D eigenvalue weighted by Crippen LogP contribution is -2.23. The van der Waals surface area contributed by atoms with Crippen molar-refractivity contribution in [2.45, 2.75) is 13.0 Å². The number of thiophene rings is 1. The molecule has 2 aromatic rings. The Bertz CT molecular complexity index is 600. The van der Waals surface area contributed by atoms with Gasteiger partial charge >= 0.3 is 5.97 Å². The average Bonchev–Trinajstić information content (AvgIpc) is 2.74. The van der Waals surface area contributed by atoms with Gasteiger partial charge in [-0.05, 0) is 35.0 Å². The van der Waals surface area contributed by atoms with E-state index in [9.17, 15) is 4.79 Å². The Morgan fingerprint density at radius 3 is 2.78 bits per heavy atom. The van der Waals surface area contributed by atoms with Crippen LogP contribution < -0.4 is 5.73 Å². The molecule has 0 saturated heterocycles. The van der Waals surface area contributed by atoms with Gasteiger partial charge in [0.15, 0.2) is 11.9 Å². The largest absolute Gasteiger partial charge is 0.480 e. The Morgan fingerprint density at radius 1 is 1.50 bits per heavy atom. The predicted molar refractivity (Wildman–Crippen MR) is 72.3 cm³/mol. The first kappa shape index (κ1) is 13.1. The standard InChI is InChI=1S/C11H10BrN3O2S/c1-5-2-7(8-3-6(12)4-18-8)15-10(14-5)9(13)11(16)17/h2-4,9H,13H2,1H3,(H,16,17). The maximum atomic E-state index is 10.9. The quantitative estimate of drug-likeness (QED) is 0.903. The minimum atomic E-state index is -1.20. The smallest absolute Gasteiger partial charge is 0.328 e. The van der Waals surface area contributed by atoms with Gasteiger partial charge in [0.05, 0.1) is 10.6 Å². The van der Waals surface area contributed by atoms with Gasteiger partial charge in [-0.1, -0.05) is 0 Å². The predicted octanol–water partition coefficient (Wildman–Crippen LogP) is 2.36. The zero-order chi connectivity index (χ0) is 13.3. The fraction of sp³-hybridized carbons (Fsp3) is 0.182. The van der Waals surface area contributed by atoms with E-state index in [1.807, 2.05) is 11.4 Å². The highest BCUT2D eigenvalue weighted by molar-refractivity contribution is 9.10. The minimum absolute atomic E-state index is 0.127. The summed E-state index contributed by atoms with van der Waals surface area (Å²) in [6.45, 7) is 1.78. The van der Waals surface area contributed by atoms with Crippen LogP contribution in [0.1, 0.15) is 17.6 Å². The first-order valence-corrected chi connectivity index (χ1v) is 6.73. The van der Waals surface area contributed by atoms with Crippen LogP contribution in [0.2, 0.25) is 0 Å². The SMILES string of the molecule is Cc1cc(-c2cc(Br)cs2)nc(C(N)C(=O)O)n1. The molecule has 2 rings (SSSR count). The van der Waals surface area contributed by atoms with Crippen LogP contribution in [0.15, 0.2) is 22.0 Å². The lowest BCUT2D eigenvalue weighted by atomic mass is 10.2. The zero-order valence-corrected chi connectivity index (χ0v) is 11.8. The van der Waals surface area contributed by atoms with Gasteiger partial charge in [0.25, 0.3) is 0 Å². The van der Waals surface area contributed by atoms with Crippen LogP contribution in [-0.4, -0.2) is 21.0 Å². The molecule has 0 aliphatic heterocycles. The number of carboxylic acids is 1. The second kappa shape index (κ2) is 5.13. The number of rotatable bonds is 3. The monoisotopic (exact) mass is 327 g/mol. The molecule has 1 unspecified atom stereocenters. The Morgan fingerprint density at radius 2 is 2.22 bits per heavy atom. The van der Waals surface area contributed by atoms with Crippen LogP contribution in [0.25, 0.3) is 10.6 Å². The number of hydrogen-bond donors (Lipinski definition) is 2. The molecule has 0 aromatic carbocycles. The van der Waals surface area contributed by atoms with Crippen LogP contribution >= 0.6 is 27.3 Å². The van der Waals surface area contributed by atoms with Crippen LogP contribution in [0, 0.1) is 6.92 Å². The maximum absolute atomic E-state index is 10.9. The highest BCUT2D eigenvalue weighted by Gasteiger charge is 2.19. The fourth-order valence-corrected chi connectivity index (χ4v) is 2.80. The molecule has 1 atom stereocenters. The number of aromatic nitrogens is 2. The van der Waals surface area contributed by atoms with E-state index in [-0.39, 0.29) is 5.82 Å². The first-order chi connectivity index (χ1) is 8.47.